The number of hydrogen-bond donors (Lipinski definition) is 2. The Kier molecular flexibility index (Phi) is 49.8. The molecule has 0 rings (SSSR count). The molecule has 404 valence electrons. The quantitative estimate of drug-likeness (QED) is 0.0272. The number of carbonyl (C=O) groups is 1. The number of nitrogens with zero attached hydrogens (tertiary/aromatic N) is 1. The van der Waals surface area contributed by atoms with Crippen molar-refractivity contribution in [1.29, 1.82) is 0 Å². The first-order valence-electron chi connectivity index (χ1n) is 29.1. The lowest BCUT2D eigenvalue weighted by Crippen LogP contribution is -2.46. The van der Waals surface area contributed by atoms with Crippen molar-refractivity contribution in [2.24, 2.45) is 0 Å². The third kappa shape index (κ3) is 53.8. The molecule has 0 heterocycles. The van der Waals surface area contributed by atoms with Crippen LogP contribution in [-0.2, 0) is 18.4 Å². The van der Waals surface area contributed by atoms with E-state index in [0.29, 0.717) is 23.9 Å². The SMILES string of the molecule is CC/C=C\C/C=C\C/C=C\C/C=C\C/C=C\CCCCCCCCCCCCCCCCCCCCCCCC(=O)NC(COP(=O)([O-])OCC[N+](C)(C)C)C(O)CCCCCCCCCCCC. The minimum absolute atomic E-state index is 0.0126. The van der Waals surface area contributed by atoms with E-state index in [1.807, 2.05) is 21.1 Å². The smallest absolute Gasteiger partial charge is 0.268 e. The molecule has 0 fully saturated rings. The van der Waals surface area contributed by atoms with Gasteiger partial charge < -0.3 is 28.8 Å². The lowest BCUT2D eigenvalue weighted by Gasteiger charge is -2.30. The molecule has 0 spiro atoms. The first-order chi connectivity index (χ1) is 33.5. The standard InChI is InChI=1S/C60H113N2O6P/c1-6-8-10-12-14-16-18-19-20-21-22-23-24-25-26-27-28-29-30-31-32-33-34-35-36-37-38-39-40-41-42-43-44-46-48-50-52-54-60(64)61-58(57-68-69(65,66)67-56-55-62(3,4)5)59(63)53-51-49-47-45-17-15-13-11-9-7-2/h8,10,14,16,19-20,22-23,25-26,58-59,63H,6-7,9,11-13,15,17-18,21,24,27-57H2,1-5H3,(H-,61,64,65,66)/b10-8-,16-14-,20-19-,23-22-,26-25-. The monoisotopic (exact) mass is 989 g/mol. The number of phosphoric acid groups is 1. The Bertz CT molecular complexity index is 1310. The molecule has 1 amide bonds. The highest BCUT2D eigenvalue weighted by Crippen LogP contribution is 2.38. The Labute approximate surface area is 428 Å². The summed E-state index contributed by atoms with van der Waals surface area (Å²) in [6.07, 6.45) is 68.5. The number of phosphoric ester groups is 1. The van der Waals surface area contributed by atoms with Gasteiger partial charge in [-0.3, -0.25) is 9.36 Å². The molecule has 0 aromatic rings. The molecule has 0 aromatic carbocycles. The van der Waals surface area contributed by atoms with E-state index in [1.54, 1.807) is 0 Å². The van der Waals surface area contributed by atoms with E-state index in [-0.39, 0.29) is 19.1 Å². The van der Waals surface area contributed by atoms with Crippen molar-refractivity contribution in [1.82, 2.24) is 5.32 Å². The second-order valence-electron chi connectivity index (χ2n) is 21.0. The molecule has 3 unspecified atom stereocenters. The topological polar surface area (TPSA) is 108 Å². The number of hydrogen-bond acceptors (Lipinski definition) is 6. The molecule has 0 saturated heterocycles. The third-order valence-electron chi connectivity index (χ3n) is 13.0. The van der Waals surface area contributed by atoms with Crippen LogP contribution in [0.25, 0.3) is 0 Å². The van der Waals surface area contributed by atoms with Crippen molar-refractivity contribution in [3.8, 4) is 0 Å². The maximum atomic E-state index is 12.9. The van der Waals surface area contributed by atoms with Crippen LogP contribution >= 0.6 is 7.82 Å². The number of aliphatic hydroxyl groups excluding tert-OH is 1. The highest BCUT2D eigenvalue weighted by molar-refractivity contribution is 7.45. The van der Waals surface area contributed by atoms with Gasteiger partial charge in [0.25, 0.3) is 7.82 Å². The predicted molar refractivity (Wildman–Crippen MR) is 297 cm³/mol. The molecular formula is C60H113N2O6P. The van der Waals surface area contributed by atoms with Gasteiger partial charge in [-0.15, -0.1) is 0 Å². The molecule has 0 aliphatic heterocycles. The van der Waals surface area contributed by atoms with Crippen LogP contribution in [0.5, 0.6) is 0 Å². The third-order valence-corrected chi connectivity index (χ3v) is 14.0. The van der Waals surface area contributed by atoms with Gasteiger partial charge in [-0.1, -0.05) is 261 Å². The van der Waals surface area contributed by atoms with Gasteiger partial charge in [0, 0.05) is 6.42 Å². The lowest BCUT2D eigenvalue weighted by atomic mass is 10.0. The summed E-state index contributed by atoms with van der Waals surface area (Å²) in [5.41, 5.74) is 0. The zero-order valence-corrected chi connectivity index (χ0v) is 46.9. The van der Waals surface area contributed by atoms with Gasteiger partial charge in [0.15, 0.2) is 0 Å². The van der Waals surface area contributed by atoms with Gasteiger partial charge in [-0.05, 0) is 57.8 Å². The highest BCUT2D eigenvalue weighted by Gasteiger charge is 2.24. The average Bonchev–Trinajstić information content (AvgIpc) is 3.31. The number of amides is 1. The summed E-state index contributed by atoms with van der Waals surface area (Å²) in [6, 6.07) is -0.798. The van der Waals surface area contributed by atoms with Crippen molar-refractivity contribution >= 4 is 13.7 Å². The number of aliphatic hydroxyl groups is 1. The number of rotatable bonds is 53. The van der Waals surface area contributed by atoms with E-state index in [9.17, 15) is 19.4 Å². The number of carbonyl (C=O) groups excluding carboxylic acids is 1. The predicted octanol–water partition coefficient (Wildman–Crippen LogP) is 17.1. The fourth-order valence-corrected chi connectivity index (χ4v) is 9.20. The second kappa shape index (κ2) is 51.1. The number of allylic oxidation sites excluding steroid dienone is 10. The van der Waals surface area contributed by atoms with Crippen molar-refractivity contribution < 1.29 is 32.9 Å². The fraction of sp³-hybridized carbons (Fsp3) is 0.817. The van der Waals surface area contributed by atoms with Crippen LogP contribution in [0.15, 0.2) is 60.8 Å². The van der Waals surface area contributed by atoms with E-state index in [0.717, 1.165) is 70.6 Å². The minimum Gasteiger partial charge on any atom is -0.756 e. The van der Waals surface area contributed by atoms with Crippen LogP contribution < -0.4 is 10.2 Å². The maximum Gasteiger partial charge on any atom is 0.268 e. The van der Waals surface area contributed by atoms with Gasteiger partial charge in [0.05, 0.1) is 39.9 Å². The molecule has 0 aliphatic carbocycles. The normalized spacial score (nSPS) is 14.4. The van der Waals surface area contributed by atoms with Crippen LogP contribution in [0, 0.1) is 0 Å². The average molecular weight is 990 g/mol. The summed E-state index contributed by atoms with van der Waals surface area (Å²) in [7, 11) is 1.31. The van der Waals surface area contributed by atoms with Crippen LogP contribution in [-0.4, -0.2) is 68.5 Å². The largest absolute Gasteiger partial charge is 0.756 e. The molecule has 0 aliphatic rings. The van der Waals surface area contributed by atoms with Crippen molar-refractivity contribution in [3.63, 3.8) is 0 Å². The van der Waals surface area contributed by atoms with E-state index in [1.165, 1.54) is 167 Å². The minimum atomic E-state index is -4.56. The summed E-state index contributed by atoms with van der Waals surface area (Å²) in [6.45, 7) is 4.60. The van der Waals surface area contributed by atoms with Gasteiger partial charge in [0.2, 0.25) is 5.91 Å². The molecule has 0 aromatic heterocycles. The summed E-state index contributed by atoms with van der Waals surface area (Å²) in [5.74, 6) is -0.164. The number of quaternary nitrogens is 1. The van der Waals surface area contributed by atoms with Crippen LogP contribution in [0.2, 0.25) is 0 Å². The number of nitrogens with one attached hydrogen (secondary N) is 1. The van der Waals surface area contributed by atoms with Crippen molar-refractivity contribution in [2.75, 3.05) is 40.9 Å². The molecule has 0 saturated carbocycles. The van der Waals surface area contributed by atoms with E-state index < -0.39 is 20.0 Å². The molecule has 3 atom stereocenters. The molecule has 0 bridgehead atoms. The molecule has 0 radical (unpaired) electrons. The fourth-order valence-electron chi connectivity index (χ4n) is 8.48. The van der Waals surface area contributed by atoms with E-state index >= 15 is 0 Å². The first-order valence-corrected chi connectivity index (χ1v) is 30.6. The van der Waals surface area contributed by atoms with Gasteiger partial charge in [-0.25, -0.2) is 0 Å². The Hall–Kier alpha value is -1.80. The summed E-state index contributed by atoms with van der Waals surface area (Å²) in [4.78, 5) is 25.4. The maximum absolute atomic E-state index is 12.9. The molecule has 8 nitrogen and oxygen atoms in total. The van der Waals surface area contributed by atoms with Gasteiger partial charge in [0.1, 0.15) is 13.2 Å². The zero-order chi connectivity index (χ0) is 50.6. The number of likely N-dealkylation sites (N-methyl/N-ethyl adjacent to an activating group) is 1. The van der Waals surface area contributed by atoms with Crippen LogP contribution in [0.1, 0.15) is 264 Å². The molecule has 9 heteroatoms. The Morgan fingerprint density at radius 1 is 0.522 bits per heavy atom. The van der Waals surface area contributed by atoms with E-state index in [2.05, 4.69) is 79.9 Å². The molecular weight excluding hydrogens is 876 g/mol. The highest BCUT2D eigenvalue weighted by atomic mass is 31.2. The van der Waals surface area contributed by atoms with Crippen LogP contribution in [0.4, 0.5) is 0 Å². The number of unbranched alkanes of at least 4 members (excludes halogenated alkanes) is 30. The Morgan fingerprint density at radius 2 is 0.884 bits per heavy atom. The lowest BCUT2D eigenvalue weighted by molar-refractivity contribution is -0.870. The molecule has 69 heavy (non-hydrogen) atoms. The first kappa shape index (κ1) is 67.2. The van der Waals surface area contributed by atoms with Crippen molar-refractivity contribution in [3.05, 3.63) is 60.8 Å². The van der Waals surface area contributed by atoms with Gasteiger partial charge >= 0.3 is 0 Å². The van der Waals surface area contributed by atoms with Crippen LogP contribution in [0.3, 0.4) is 0 Å². The summed E-state index contributed by atoms with van der Waals surface area (Å²) < 4.78 is 23.3. The van der Waals surface area contributed by atoms with Crippen molar-refractivity contribution in [2.45, 2.75) is 276 Å². The molecule has 2 N–H and O–H groups in total. The summed E-state index contributed by atoms with van der Waals surface area (Å²) in [5, 5.41) is 13.9. The zero-order valence-electron chi connectivity index (χ0n) is 46.0. The second-order valence-corrected chi connectivity index (χ2v) is 22.4. The Balaban J connectivity index is 3.87. The van der Waals surface area contributed by atoms with E-state index in [4.69, 9.17) is 9.05 Å². The Morgan fingerprint density at radius 3 is 1.29 bits per heavy atom. The van der Waals surface area contributed by atoms with Gasteiger partial charge in [-0.2, -0.15) is 0 Å². The summed E-state index contributed by atoms with van der Waals surface area (Å²) >= 11 is 0.